The van der Waals surface area contributed by atoms with Crippen molar-refractivity contribution in [2.24, 2.45) is 0 Å². The maximum Gasteiger partial charge on any atom is 0.269 e. The van der Waals surface area contributed by atoms with Gasteiger partial charge in [0.1, 0.15) is 0 Å². The fourth-order valence-electron chi connectivity index (χ4n) is 2.78. The van der Waals surface area contributed by atoms with Crippen molar-refractivity contribution in [3.63, 3.8) is 0 Å². The average Bonchev–Trinajstić information content (AvgIpc) is 2.74. The lowest BCUT2D eigenvalue weighted by Gasteiger charge is -2.15. The summed E-state index contributed by atoms with van der Waals surface area (Å²) in [5.74, 6) is -0.531. The van der Waals surface area contributed by atoms with Gasteiger partial charge in [-0.25, -0.2) is 13.1 Å². The van der Waals surface area contributed by atoms with E-state index < -0.39 is 26.9 Å². The monoisotopic (exact) mass is 425 g/mol. The molecule has 0 aliphatic heterocycles. The molecule has 2 N–H and O–H groups in total. The zero-order valence-corrected chi connectivity index (χ0v) is 16.8. The quantitative estimate of drug-likeness (QED) is 0.440. The lowest BCUT2D eigenvalue weighted by Crippen LogP contribution is -2.27. The minimum absolute atomic E-state index is 0.0402. The molecule has 9 heteroatoms. The molecule has 0 aliphatic carbocycles. The predicted molar refractivity (Wildman–Crippen MR) is 113 cm³/mol. The Kier molecular flexibility index (Phi) is 6.24. The van der Waals surface area contributed by atoms with Crippen LogP contribution in [-0.4, -0.2) is 19.2 Å². The van der Waals surface area contributed by atoms with Gasteiger partial charge in [-0.15, -0.1) is 0 Å². The van der Waals surface area contributed by atoms with Crippen LogP contribution in [0.5, 0.6) is 0 Å². The first-order chi connectivity index (χ1) is 14.3. The van der Waals surface area contributed by atoms with Gasteiger partial charge in [-0.2, -0.15) is 0 Å². The number of nitro benzene ring substituents is 1. The fraction of sp³-hybridized carbons (Fsp3) is 0.0952. The number of benzene rings is 3. The lowest BCUT2D eigenvalue weighted by atomic mass is 10.1. The highest BCUT2D eigenvalue weighted by Crippen LogP contribution is 2.19. The van der Waals surface area contributed by atoms with E-state index in [0.29, 0.717) is 5.69 Å². The minimum atomic E-state index is -3.86. The molecule has 30 heavy (non-hydrogen) atoms. The first-order valence-electron chi connectivity index (χ1n) is 8.99. The summed E-state index contributed by atoms with van der Waals surface area (Å²) < 4.78 is 28.1. The largest absolute Gasteiger partial charge is 0.322 e. The first-order valence-corrected chi connectivity index (χ1v) is 10.5. The second kappa shape index (κ2) is 8.85. The normalized spacial score (nSPS) is 12.2. The molecule has 3 aromatic carbocycles. The van der Waals surface area contributed by atoms with Gasteiger partial charge in [-0.05, 0) is 42.8 Å². The zero-order valence-electron chi connectivity index (χ0n) is 16.0. The van der Waals surface area contributed by atoms with Gasteiger partial charge in [-0.1, -0.05) is 36.4 Å². The summed E-state index contributed by atoms with van der Waals surface area (Å²) in [5.41, 5.74) is 1.21. The Morgan fingerprint density at radius 3 is 2.27 bits per heavy atom. The molecule has 154 valence electrons. The number of hydrogen-bond donors (Lipinski definition) is 2. The third kappa shape index (κ3) is 5.07. The van der Waals surface area contributed by atoms with E-state index in [1.165, 1.54) is 48.5 Å². The second-order valence-electron chi connectivity index (χ2n) is 6.54. The second-order valence-corrected chi connectivity index (χ2v) is 8.25. The molecule has 0 bridgehead atoms. The number of nitrogens with zero attached hydrogens (tertiary/aromatic N) is 1. The number of nitrogens with one attached hydrogen (secondary N) is 2. The van der Waals surface area contributed by atoms with E-state index in [-0.39, 0.29) is 16.1 Å². The number of carbonyl (C=O) groups excluding carboxylic acids is 1. The van der Waals surface area contributed by atoms with Crippen LogP contribution >= 0.6 is 0 Å². The lowest BCUT2D eigenvalue weighted by molar-refractivity contribution is -0.384. The van der Waals surface area contributed by atoms with Gasteiger partial charge in [0.15, 0.2) is 0 Å². The molecular formula is C21H19N3O5S. The first kappa shape index (κ1) is 21.2. The van der Waals surface area contributed by atoms with E-state index in [4.69, 9.17) is 0 Å². The Bertz CT molecular complexity index is 1160. The van der Waals surface area contributed by atoms with Crippen LogP contribution in [0.2, 0.25) is 0 Å². The SMILES string of the molecule is CC(NS(=O)(=O)c1cccc(C(=O)Nc2ccc([N+](=O)[O-])cc2)c1)c1ccccc1. The van der Waals surface area contributed by atoms with Gasteiger partial charge in [0.2, 0.25) is 10.0 Å². The third-order valence-corrected chi connectivity index (χ3v) is 5.91. The highest BCUT2D eigenvalue weighted by atomic mass is 32.2. The van der Waals surface area contributed by atoms with E-state index in [9.17, 15) is 23.3 Å². The van der Waals surface area contributed by atoms with Crippen molar-refractivity contribution in [3.8, 4) is 0 Å². The maximum absolute atomic E-state index is 12.7. The number of hydrogen-bond acceptors (Lipinski definition) is 5. The van der Waals surface area contributed by atoms with Crippen molar-refractivity contribution >= 4 is 27.3 Å². The molecule has 0 saturated carbocycles. The fourth-order valence-corrected chi connectivity index (χ4v) is 4.06. The van der Waals surface area contributed by atoms with Crippen molar-refractivity contribution in [1.29, 1.82) is 0 Å². The molecule has 1 amide bonds. The molecule has 0 spiro atoms. The minimum Gasteiger partial charge on any atom is -0.322 e. The topological polar surface area (TPSA) is 118 Å². The molecule has 0 fully saturated rings. The Hall–Kier alpha value is -3.56. The van der Waals surface area contributed by atoms with Crippen LogP contribution < -0.4 is 10.0 Å². The summed E-state index contributed by atoms with van der Waals surface area (Å²) in [7, 11) is -3.86. The van der Waals surface area contributed by atoms with E-state index in [0.717, 1.165) is 5.56 Å². The molecule has 1 unspecified atom stereocenters. The van der Waals surface area contributed by atoms with Crippen molar-refractivity contribution in [3.05, 3.63) is 100 Å². The zero-order chi connectivity index (χ0) is 21.7. The van der Waals surface area contributed by atoms with Crippen molar-refractivity contribution in [2.45, 2.75) is 17.9 Å². The number of sulfonamides is 1. The van der Waals surface area contributed by atoms with E-state index >= 15 is 0 Å². The van der Waals surface area contributed by atoms with E-state index in [2.05, 4.69) is 10.0 Å². The Balaban J connectivity index is 1.76. The van der Waals surface area contributed by atoms with Gasteiger partial charge in [0.05, 0.1) is 9.82 Å². The molecule has 8 nitrogen and oxygen atoms in total. The molecule has 0 aromatic heterocycles. The summed E-state index contributed by atoms with van der Waals surface area (Å²) in [6.45, 7) is 1.73. The predicted octanol–water partition coefficient (Wildman–Crippen LogP) is 3.89. The molecule has 3 rings (SSSR count). The van der Waals surface area contributed by atoms with Crippen LogP contribution in [-0.2, 0) is 10.0 Å². The summed E-state index contributed by atoms with van der Waals surface area (Å²) in [4.78, 5) is 22.6. The standard InChI is InChI=1S/C21H19N3O5S/c1-15(16-6-3-2-4-7-16)23-30(28,29)20-9-5-8-17(14-20)21(25)22-18-10-12-19(13-11-18)24(26)27/h2-15,23H,1H3,(H,22,25). The maximum atomic E-state index is 12.7. The average molecular weight is 425 g/mol. The van der Waals surface area contributed by atoms with Gasteiger partial charge < -0.3 is 5.32 Å². The van der Waals surface area contributed by atoms with Crippen LogP contribution in [0.1, 0.15) is 28.9 Å². The summed E-state index contributed by atoms with van der Waals surface area (Å²) in [6, 6.07) is 19.7. The molecule has 0 aliphatic rings. The number of non-ortho nitro benzene ring substituents is 1. The van der Waals surface area contributed by atoms with Crippen LogP contribution in [0.25, 0.3) is 0 Å². The number of anilines is 1. The summed E-state index contributed by atoms with van der Waals surface area (Å²) >= 11 is 0. The molecule has 1 atom stereocenters. The molecule has 0 radical (unpaired) electrons. The van der Waals surface area contributed by atoms with Crippen molar-refractivity contribution in [1.82, 2.24) is 4.72 Å². The number of carbonyl (C=O) groups is 1. The number of amides is 1. The number of nitro groups is 1. The Labute approximate surface area is 173 Å². The highest BCUT2D eigenvalue weighted by molar-refractivity contribution is 7.89. The Morgan fingerprint density at radius 2 is 1.63 bits per heavy atom. The van der Waals surface area contributed by atoms with Gasteiger partial charge in [0, 0.05) is 29.4 Å². The highest BCUT2D eigenvalue weighted by Gasteiger charge is 2.20. The van der Waals surface area contributed by atoms with Crippen molar-refractivity contribution in [2.75, 3.05) is 5.32 Å². The van der Waals surface area contributed by atoms with E-state index in [1.807, 2.05) is 30.3 Å². The van der Waals surface area contributed by atoms with Crippen LogP contribution in [0.4, 0.5) is 11.4 Å². The van der Waals surface area contributed by atoms with E-state index in [1.54, 1.807) is 6.92 Å². The van der Waals surface area contributed by atoms with Crippen LogP contribution in [0, 0.1) is 10.1 Å². The van der Waals surface area contributed by atoms with Crippen molar-refractivity contribution < 1.29 is 18.1 Å². The Morgan fingerprint density at radius 1 is 0.967 bits per heavy atom. The van der Waals surface area contributed by atoms with Gasteiger partial charge >= 0.3 is 0 Å². The number of rotatable bonds is 7. The molecule has 0 heterocycles. The molecular weight excluding hydrogens is 406 g/mol. The van der Waals surface area contributed by atoms with Gasteiger partial charge in [-0.3, -0.25) is 14.9 Å². The summed E-state index contributed by atoms with van der Waals surface area (Å²) in [5, 5.41) is 13.3. The summed E-state index contributed by atoms with van der Waals surface area (Å²) in [6.07, 6.45) is 0. The molecule has 0 saturated heterocycles. The third-order valence-electron chi connectivity index (χ3n) is 4.37. The van der Waals surface area contributed by atoms with Gasteiger partial charge in [0.25, 0.3) is 11.6 Å². The molecule has 3 aromatic rings. The van der Waals surface area contributed by atoms with Crippen LogP contribution in [0.15, 0.2) is 83.8 Å². The smallest absolute Gasteiger partial charge is 0.269 e. The van der Waals surface area contributed by atoms with Crippen LogP contribution in [0.3, 0.4) is 0 Å².